The highest BCUT2D eigenvalue weighted by Crippen LogP contribution is 2.34. The van der Waals surface area contributed by atoms with E-state index in [0.717, 1.165) is 18.5 Å². The molecule has 2 aromatic rings. The zero-order valence-corrected chi connectivity index (χ0v) is 12.7. The van der Waals surface area contributed by atoms with E-state index in [2.05, 4.69) is 36.2 Å². The molecule has 0 saturated carbocycles. The average Bonchev–Trinajstić information content (AvgIpc) is 2.54. The lowest BCUT2D eigenvalue weighted by Crippen LogP contribution is -2.27. The number of rotatable bonds is 4. The Morgan fingerprint density at radius 1 is 1.18 bits per heavy atom. The van der Waals surface area contributed by atoms with Crippen LogP contribution < -0.4 is 0 Å². The Hall–Kier alpha value is -2.20. The molecule has 0 radical (unpaired) electrons. The number of nitrogens with zero attached hydrogens (tertiary/aromatic N) is 2. The Kier molecular flexibility index (Phi) is 4.20. The van der Waals surface area contributed by atoms with Crippen LogP contribution in [0.3, 0.4) is 0 Å². The highest BCUT2D eigenvalue weighted by Gasteiger charge is 2.23. The molecular weight excluding hydrogens is 276 g/mol. The van der Waals surface area contributed by atoms with E-state index in [1.165, 1.54) is 24.0 Å². The molecule has 0 heterocycles. The number of aryl methyl sites for hydroxylation is 1. The van der Waals surface area contributed by atoms with Gasteiger partial charge >= 0.3 is 0 Å². The molecule has 0 aliphatic heterocycles. The van der Waals surface area contributed by atoms with Crippen LogP contribution in [0.1, 0.15) is 35.6 Å². The van der Waals surface area contributed by atoms with Gasteiger partial charge in [-0.05, 0) is 43.0 Å². The zero-order valence-electron chi connectivity index (χ0n) is 12.7. The third-order valence-corrected chi connectivity index (χ3v) is 4.45. The summed E-state index contributed by atoms with van der Waals surface area (Å²) in [5.41, 5.74) is 4.14. The molecule has 0 N–H and O–H groups in total. The first kappa shape index (κ1) is 14.7. The first-order valence-corrected chi connectivity index (χ1v) is 7.66. The molecule has 0 spiro atoms. The van der Waals surface area contributed by atoms with Gasteiger partial charge in [0.15, 0.2) is 0 Å². The molecule has 114 valence electrons. The van der Waals surface area contributed by atoms with Crippen molar-refractivity contribution >= 4 is 5.69 Å². The van der Waals surface area contributed by atoms with Crippen LogP contribution in [0.5, 0.6) is 0 Å². The van der Waals surface area contributed by atoms with Gasteiger partial charge < -0.3 is 0 Å². The highest BCUT2D eigenvalue weighted by molar-refractivity contribution is 5.34. The van der Waals surface area contributed by atoms with Gasteiger partial charge in [-0.3, -0.25) is 15.0 Å². The van der Waals surface area contributed by atoms with Crippen LogP contribution in [0.2, 0.25) is 0 Å². The minimum Gasteiger partial charge on any atom is -0.295 e. The Morgan fingerprint density at radius 2 is 1.91 bits per heavy atom. The van der Waals surface area contributed by atoms with Crippen LogP contribution >= 0.6 is 0 Å². The fourth-order valence-corrected chi connectivity index (χ4v) is 3.31. The summed E-state index contributed by atoms with van der Waals surface area (Å²) >= 11 is 0. The van der Waals surface area contributed by atoms with Crippen molar-refractivity contribution in [2.45, 2.75) is 31.8 Å². The standard InChI is InChI=1S/C18H20N2O2/c1-19(13-14-9-11-16(12-10-14)20(21)22)18-8-4-6-15-5-2-3-7-17(15)18/h2-3,5,7,9-12,18H,4,6,8,13H2,1H3. The van der Waals surface area contributed by atoms with E-state index in [-0.39, 0.29) is 10.6 Å². The lowest BCUT2D eigenvalue weighted by atomic mass is 9.87. The van der Waals surface area contributed by atoms with Crippen LogP contribution in [0.15, 0.2) is 48.5 Å². The van der Waals surface area contributed by atoms with Crippen LogP contribution in [-0.2, 0) is 13.0 Å². The third kappa shape index (κ3) is 3.02. The fraction of sp³-hybridized carbons (Fsp3) is 0.333. The Balaban J connectivity index is 1.75. The van der Waals surface area contributed by atoms with E-state index < -0.39 is 0 Å². The van der Waals surface area contributed by atoms with Gasteiger partial charge in [0, 0.05) is 24.7 Å². The topological polar surface area (TPSA) is 46.4 Å². The van der Waals surface area contributed by atoms with Gasteiger partial charge in [-0.25, -0.2) is 0 Å². The second kappa shape index (κ2) is 6.28. The molecule has 1 atom stereocenters. The van der Waals surface area contributed by atoms with Crippen molar-refractivity contribution in [3.8, 4) is 0 Å². The van der Waals surface area contributed by atoms with Crippen molar-refractivity contribution in [3.63, 3.8) is 0 Å². The molecule has 0 amide bonds. The number of benzene rings is 2. The Labute approximate surface area is 130 Å². The number of non-ortho nitro benzene ring substituents is 1. The molecule has 1 unspecified atom stereocenters. The zero-order chi connectivity index (χ0) is 15.5. The van der Waals surface area contributed by atoms with Crippen LogP contribution in [0.25, 0.3) is 0 Å². The minimum atomic E-state index is -0.356. The van der Waals surface area contributed by atoms with Gasteiger partial charge in [0.25, 0.3) is 5.69 Å². The molecule has 2 aromatic carbocycles. The molecule has 22 heavy (non-hydrogen) atoms. The van der Waals surface area contributed by atoms with Gasteiger partial charge in [0.05, 0.1) is 4.92 Å². The number of hydrogen-bond donors (Lipinski definition) is 0. The number of fused-ring (bicyclic) bond motifs is 1. The summed E-state index contributed by atoms with van der Waals surface area (Å²) < 4.78 is 0. The van der Waals surface area contributed by atoms with Gasteiger partial charge in [0.2, 0.25) is 0 Å². The predicted molar refractivity (Wildman–Crippen MR) is 86.7 cm³/mol. The van der Waals surface area contributed by atoms with Crippen molar-refractivity contribution in [2.24, 2.45) is 0 Å². The predicted octanol–water partition coefficient (Wildman–Crippen LogP) is 4.10. The summed E-state index contributed by atoms with van der Waals surface area (Å²) in [6.45, 7) is 0.803. The van der Waals surface area contributed by atoms with Crippen molar-refractivity contribution in [1.29, 1.82) is 0 Å². The molecule has 1 aliphatic carbocycles. The van der Waals surface area contributed by atoms with Crippen LogP contribution in [0, 0.1) is 10.1 Å². The second-order valence-electron chi connectivity index (χ2n) is 5.95. The molecule has 0 fully saturated rings. The summed E-state index contributed by atoms with van der Waals surface area (Å²) in [4.78, 5) is 12.7. The summed E-state index contributed by atoms with van der Waals surface area (Å²) in [5, 5.41) is 10.7. The number of hydrogen-bond acceptors (Lipinski definition) is 3. The van der Waals surface area contributed by atoms with Crippen LogP contribution in [-0.4, -0.2) is 16.9 Å². The lowest BCUT2D eigenvalue weighted by molar-refractivity contribution is -0.384. The van der Waals surface area contributed by atoms with Crippen molar-refractivity contribution in [3.05, 3.63) is 75.3 Å². The Morgan fingerprint density at radius 3 is 2.64 bits per heavy atom. The maximum Gasteiger partial charge on any atom is 0.269 e. The molecule has 0 aromatic heterocycles. The molecular formula is C18H20N2O2. The fourth-order valence-electron chi connectivity index (χ4n) is 3.31. The summed E-state index contributed by atoms with van der Waals surface area (Å²) in [6.07, 6.45) is 3.55. The first-order chi connectivity index (χ1) is 10.6. The monoisotopic (exact) mass is 296 g/mol. The Bertz CT molecular complexity index is 667. The van der Waals surface area contributed by atoms with E-state index in [9.17, 15) is 10.1 Å². The first-order valence-electron chi connectivity index (χ1n) is 7.66. The van der Waals surface area contributed by atoms with E-state index in [0.29, 0.717) is 6.04 Å². The van der Waals surface area contributed by atoms with E-state index in [1.807, 2.05) is 12.1 Å². The van der Waals surface area contributed by atoms with E-state index in [1.54, 1.807) is 12.1 Å². The van der Waals surface area contributed by atoms with Gasteiger partial charge in [-0.1, -0.05) is 36.4 Å². The summed E-state index contributed by atoms with van der Waals surface area (Å²) in [5.74, 6) is 0. The average molecular weight is 296 g/mol. The second-order valence-corrected chi connectivity index (χ2v) is 5.95. The number of nitro groups is 1. The maximum atomic E-state index is 10.7. The maximum absolute atomic E-state index is 10.7. The van der Waals surface area contributed by atoms with E-state index in [4.69, 9.17) is 0 Å². The van der Waals surface area contributed by atoms with Gasteiger partial charge in [0.1, 0.15) is 0 Å². The third-order valence-electron chi connectivity index (χ3n) is 4.45. The lowest BCUT2D eigenvalue weighted by Gasteiger charge is -2.33. The molecule has 1 aliphatic rings. The molecule has 0 saturated heterocycles. The normalized spacial score (nSPS) is 17.3. The highest BCUT2D eigenvalue weighted by atomic mass is 16.6. The molecule has 4 nitrogen and oxygen atoms in total. The largest absolute Gasteiger partial charge is 0.295 e. The van der Waals surface area contributed by atoms with E-state index >= 15 is 0 Å². The minimum absolute atomic E-state index is 0.148. The van der Waals surface area contributed by atoms with Crippen LogP contribution in [0.4, 0.5) is 5.69 Å². The summed E-state index contributed by atoms with van der Waals surface area (Å²) in [7, 11) is 2.13. The van der Waals surface area contributed by atoms with Gasteiger partial charge in [-0.2, -0.15) is 0 Å². The quantitative estimate of drug-likeness (QED) is 0.630. The number of nitro benzene ring substituents is 1. The van der Waals surface area contributed by atoms with Crippen molar-refractivity contribution in [2.75, 3.05) is 7.05 Å². The van der Waals surface area contributed by atoms with Crippen molar-refractivity contribution in [1.82, 2.24) is 4.90 Å². The molecule has 3 rings (SSSR count). The molecule has 4 heteroatoms. The van der Waals surface area contributed by atoms with Crippen molar-refractivity contribution < 1.29 is 4.92 Å². The smallest absolute Gasteiger partial charge is 0.269 e. The van der Waals surface area contributed by atoms with Gasteiger partial charge in [-0.15, -0.1) is 0 Å². The summed E-state index contributed by atoms with van der Waals surface area (Å²) in [6, 6.07) is 16.0. The SMILES string of the molecule is CN(Cc1ccc([N+](=O)[O-])cc1)C1CCCc2ccccc21. The molecule has 0 bridgehead atoms.